The molecular formula is C14H16ClN5OS. The number of aromatic nitrogens is 2. The van der Waals surface area contributed by atoms with Gasteiger partial charge in [0.25, 0.3) is 5.91 Å². The molecule has 4 N–H and O–H groups in total. The predicted octanol–water partition coefficient (Wildman–Crippen LogP) is 2.60. The van der Waals surface area contributed by atoms with E-state index in [2.05, 4.69) is 20.6 Å². The van der Waals surface area contributed by atoms with Gasteiger partial charge in [0.15, 0.2) is 5.16 Å². The first kappa shape index (κ1) is 16.5. The SMILES string of the molecule is CNc1nc(SC)ncc1C(=O)Nc1c(Cl)cccc1CN. The summed E-state index contributed by atoms with van der Waals surface area (Å²) in [5.74, 6) is 0.109. The minimum Gasteiger partial charge on any atom is -0.372 e. The Morgan fingerprint density at radius 3 is 2.86 bits per heavy atom. The summed E-state index contributed by atoms with van der Waals surface area (Å²) in [6.07, 6.45) is 3.35. The summed E-state index contributed by atoms with van der Waals surface area (Å²) in [5, 5.41) is 6.70. The van der Waals surface area contributed by atoms with Crippen LogP contribution in [0.25, 0.3) is 0 Å². The highest BCUT2D eigenvalue weighted by Crippen LogP contribution is 2.27. The molecule has 0 aliphatic heterocycles. The molecule has 0 atom stereocenters. The van der Waals surface area contributed by atoms with Crippen molar-refractivity contribution >= 4 is 40.8 Å². The van der Waals surface area contributed by atoms with E-state index in [-0.39, 0.29) is 12.5 Å². The van der Waals surface area contributed by atoms with Crippen LogP contribution >= 0.6 is 23.4 Å². The normalized spacial score (nSPS) is 10.4. The number of rotatable bonds is 5. The molecule has 1 aromatic heterocycles. The number of amides is 1. The number of hydrogen-bond acceptors (Lipinski definition) is 6. The fraction of sp³-hybridized carbons (Fsp3) is 0.214. The third kappa shape index (κ3) is 3.49. The fourth-order valence-electron chi connectivity index (χ4n) is 1.88. The van der Waals surface area contributed by atoms with Gasteiger partial charge in [-0.25, -0.2) is 9.97 Å². The number of carbonyl (C=O) groups excluding carboxylic acids is 1. The smallest absolute Gasteiger partial charge is 0.261 e. The average Bonchev–Trinajstić information content (AvgIpc) is 2.55. The quantitative estimate of drug-likeness (QED) is 0.573. The summed E-state index contributed by atoms with van der Waals surface area (Å²) >= 11 is 7.54. The van der Waals surface area contributed by atoms with Gasteiger partial charge < -0.3 is 16.4 Å². The van der Waals surface area contributed by atoms with E-state index in [1.165, 1.54) is 18.0 Å². The monoisotopic (exact) mass is 337 g/mol. The van der Waals surface area contributed by atoms with Crippen LogP contribution in [0.4, 0.5) is 11.5 Å². The zero-order valence-electron chi connectivity index (χ0n) is 12.2. The Morgan fingerprint density at radius 1 is 1.45 bits per heavy atom. The van der Waals surface area contributed by atoms with Gasteiger partial charge in [0.1, 0.15) is 11.4 Å². The van der Waals surface area contributed by atoms with E-state index in [9.17, 15) is 4.79 Å². The molecule has 22 heavy (non-hydrogen) atoms. The van der Waals surface area contributed by atoms with Gasteiger partial charge >= 0.3 is 0 Å². The standard InChI is InChI=1S/C14H16ClN5OS/c1-17-12-9(7-18-14(20-12)22-2)13(21)19-11-8(6-16)4-3-5-10(11)15/h3-5,7H,6,16H2,1-2H3,(H,19,21)(H,17,18,20). The van der Waals surface area contributed by atoms with Gasteiger partial charge in [-0.1, -0.05) is 35.5 Å². The van der Waals surface area contributed by atoms with Gasteiger partial charge in [-0.3, -0.25) is 4.79 Å². The fourth-order valence-corrected chi connectivity index (χ4v) is 2.46. The predicted molar refractivity (Wildman–Crippen MR) is 90.7 cm³/mol. The van der Waals surface area contributed by atoms with Crippen LogP contribution in [-0.2, 0) is 6.54 Å². The van der Waals surface area contributed by atoms with Crippen molar-refractivity contribution in [2.24, 2.45) is 5.73 Å². The molecule has 0 aliphatic rings. The number of nitrogens with two attached hydrogens (primary N) is 1. The summed E-state index contributed by atoms with van der Waals surface area (Å²) in [4.78, 5) is 20.9. The van der Waals surface area contributed by atoms with Crippen LogP contribution in [0.2, 0.25) is 5.02 Å². The van der Waals surface area contributed by atoms with Crippen LogP contribution in [0.3, 0.4) is 0 Å². The van der Waals surface area contributed by atoms with Crippen LogP contribution in [0.15, 0.2) is 29.6 Å². The second kappa shape index (κ2) is 7.44. The van der Waals surface area contributed by atoms with E-state index < -0.39 is 0 Å². The van der Waals surface area contributed by atoms with Gasteiger partial charge in [0.05, 0.1) is 10.7 Å². The Morgan fingerprint density at radius 2 is 2.23 bits per heavy atom. The molecule has 0 fully saturated rings. The number of anilines is 2. The molecule has 116 valence electrons. The van der Waals surface area contributed by atoms with E-state index in [0.717, 1.165) is 5.56 Å². The van der Waals surface area contributed by atoms with Crippen molar-refractivity contribution in [3.05, 3.63) is 40.5 Å². The Balaban J connectivity index is 2.34. The van der Waals surface area contributed by atoms with E-state index in [1.54, 1.807) is 19.2 Å². The average molecular weight is 338 g/mol. The van der Waals surface area contributed by atoms with Crippen molar-refractivity contribution in [3.63, 3.8) is 0 Å². The zero-order chi connectivity index (χ0) is 16.1. The molecule has 1 amide bonds. The number of thioether (sulfide) groups is 1. The third-order valence-corrected chi connectivity index (χ3v) is 3.87. The van der Waals surface area contributed by atoms with Crippen LogP contribution in [0, 0.1) is 0 Å². The summed E-state index contributed by atoms with van der Waals surface area (Å²) in [5.41, 5.74) is 7.28. The van der Waals surface area contributed by atoms with Crippen molar-refractivity contribution in [1.82, 2.24) is 9.97 Å². The molecule has 1 aromatic carbocycles. The maximum atomic E-state index is 12.5. The highest BCUT2D eigenvalue weighted by atomic mass is 35.5. The van der Waals surface area contributed by atoms with Crippen molar-refractivity contribution in [2.75, 3.05) is 23.9 Å². The number of para-hydroxylation sites is 1. The minimum atomic E-state index is -0.347. The highest BCUT2D eigenvalue weighted by Gasteiger charge is 2.16. The molecule has 2 aromatic rings. The summed E-state index contributed by atoms with van der Waals surface area (Å²) in [7, 11) is 1.70. The first-order chi connectivity index (χ1) is 10.6. The molecule has 8 heteroatoms. The zero-order valence-corrected chi connectivity index (χ0v) is 13.8. The molecule has 0 radical (unpaired) electrons. The maximum Gasteiger partial charge on any atom is 0.261 e. The maximum absolute atomic E-state index is 12.5. The largest absolute Gasteiger partial charge is 0.372 e. The number of carbonyl (C=O) groups is 1. The lowest BCUT2D eigenvalue weighted by Crippen LogP contribution is -2.17. The molecule has 0 spiro atoms. The van der Waals surface area contributed by atoms with Crippen molar-refractivity contribution < 1.29 is 4.79 Å². The number of benzene rings is 1. The molecule has 6 nitrogen and oxygen atoms in total. The van der Waals surface area contributed by atoms with E-state index in [4.69, 9.17) is 17.3 Å². The van der Waals surface area contributed by atoms with Crippen LogP contribution in [0.1, 0.15) is 15.9 Å². The number of halogens is 1. The molecular weight excluding hydrogens is 322 g/mol. The van der Waals surface area contributed by atoms with E-state index in [0.29, 0.717) is 27.2 Å². The third-order valence-electron chi connectivity index (χ3n) is 2.99. The van der Waals surface area contributed by atoms with E-state index >= 15 is 0 Å². The first-order valence-corrected chi connectivity index (χ1v) is 8.08. The second-order valence-electron chi connectivity index (χ2n) is 4.30. The summed E-state index contributed by atoms with van der Waals surface area (Å²) < 4.78 is 0. The lowest BCUT2D eigenvalue weighted by molar-refractivity contribution is 0.102. The van der Waals surface area contributed by atoms with Crippen molar-refractivity contribution in [2.45, 2.75) is 11.7 Å². The Bertz CT molecular complexity index is 695. The Labute approximate surface area is 137 Å². The lowest BCUT2D eigenvalue weighted by Gasteiger charge is -2.13. The van der Waals surface area contributed by atoms with E-state index in [1.807, 2.05) is 12.3 Å². The molecule has 0 unspecified atom stereocenters. The Hall–Kier alpha value is -1.83. The topological polar surface area (TPSA) is 92.9 Å². The van der Waals surface area contributed by atoms with Gasteiger partial charge in [-0.15, -0.1) is 0 Å². The summed E-state index contributed by atoms with van der Waals surface area (Å²) in [6, 6.07) is 5.30. The van der Waals surface area contributed by atoms with Crippen molar-refractivity contribution in [1.29, 1.82) is 0 Å². The molecule has 0 saturated carbocycles. The first-order valence-electron chi connectivity index (χ1n) is 6.48. The Kier molecular flexibility index (Phi) is 5.59. The number of nitrogens with zero attached hydrogens (tertiary/aromatic N) is 2. The molecule has 0 saturated heterocycles. The van der Waals surface area contributed by atoms with Crippen LogP contribution in [-0.4, -0.2) is 29.2 Å². The molecule has 2 rings (SSSR count). The van der Waals surface area contributed by atoms with Crippen molar-refractivity contribution in [3.8, 4) is 0 Å². The molecule has 0 bridgehead atoms. The number of nitrogens with one attached hydrogen (secondary N) is 2. The highest BCUT2D eigenvalue weighted by molar-refractivity contribution is 7.98. The molecule has 1 heterocycles. The van der Waals surface area contributed by atoms with Gasteiger partial charge in [0.2, 0.25) is 0 Å². The molecule has 0 aliphatic carbocycles. The minimum absolute atomic E-state index is 0.275. The van der Waals surface area contributed by atoms with Gasteiger partial charge in [-0.2, -0.15) is 0 Å². The van der Waals surface area contributed by atoms with Crippen LogP contribution < -0.4 is 16.4 Å². The van der Waals surface area contributed by atoms with Crippen LogP contribution in [0.5, 0.6) is 0 Å². The number of hydrogen-bond donors (Lipinski definition) is 3. The van der Waals surface area contributed by atoms with Gasteiger partial charge in [0, 0.05) is 19.8 Å². The second-order valence-corrected chi connectivity index (χ2v) is 5.48. The lowest BCUT2D eigenvalue weighted by atomic mass is 10.1. The summed E-state index contributed by atoms with van der Waals surface area (Å²) in [6.45, 7) is 0.275. The van der Waals surface area contributed by atoms with Gasteiger partial charge in [-0.05, 0) is 17.9 Å².